The number of rotatable bonds is 5. The molecule has 0 spiro atoms. The Morgan fingerprint density at radius 1 is 1.20 bits per heavy atom. The molecule has 0 radical (unpaired) electrons. The minimum atomic E-state index is 0.142. The van der Waals surface area contributed by atoms with Gasteiger partial charge in [-0.25, -0.2) is 0 Å². The maximum absolute atomic E-state index is 8.52. The highest BCUT2D eigenvalue weighted by Gasteiger charge is 1.93. The molecule has 0 atom stereocenters. The lowest BCUT2D eigenvalue weighted by atomic mass is 10.1. The van der Waals surface area contributed by atoms with E-state index in [1.54, 1.807) is 0 Å². The second-order valence-corrected chi connectivity index (χ2v) is 2.08. The van der Waals surface area contributed by atoms with Crippen molar-refractivity contribution < 1.29 is 10.2 Å². The smallest absolute Gasteiger partial charge is 0.0474 e. The predicted molar refractivity (Wildman–Crippen MR) is 40.7 cm³/mol. The van der Waals surface area contributed by atoms with E-state index in [1.807, 2.05) is 0 Å². The summed E-state index contributed by atoms with van der Waals surface area (Å²) in [4.78, 5) is 0. The Hall–Kier alpha value is -0.560. The molecule has 0 aliphatic rings. The Kier molecular flexibility index (Phi) is 6.19. The highest BCUT2D eigenvalue weighted by Crippen LogP contribution is 2.06. The monoisotopic (exact) mass is 142 g/mol. The molecule has 0 aromatic carbocycles. The summed E-state index contributed by atoms with van der Waals surface area (Å²) in [5.41, 5.74) is 3.73. The van der Waals surface area contributed by atoms with Gasteiger partial charge in [0.05, 0.1) is 0 Å². The zero-order valence-electron chi connectivity index (χ0n) is 6.14. The van der Waals surface area contributed by atoms with Crippen LogP contribution in [0.4, 0.5) is 0 Å². The number of hydrogen-bond acceptors (Lipinski definition) is 2. The molecule has 0 bridgehead atoms. The van der Waals surface area contributed by atoms with Crippen LogP contribution in [0.2, 0.25) is 0 Å². The van der Waals surface area contributed by atoms with Gasteiger partial charge in [0.25, 0.3) is 0 Å². The van der Waals surface area contributed by atoms with E-state index >= 15 is 0 Å². The summed E-state index contributed by atoms with van der Waals surface area (Å²) in [7, 11) is 0. The van der Waals surface area contributed by atoms with Crippen molar-refractivity contribution in [2.45, 2.75) is 19.3 Å². The quantitative estimate of drug-likeness (QED) is 0.559. The van der Waals surface area contributed by atoms with Crippen molar-refractivity contribution in [3.63, 3.8) is 0 Å². The van der Waals surface area contributed by atoms with Crippen LogP contribution in [0.15, 0.2) is 17.9 Å². The van der Waals surface area contributed by atoms with E-state index in [0.29, 0.717) is 6.42 Å². The first-order chi connectivity index (χ1) is 4.85. The maximum Gasteiger partial charge on any atom is 0.0474 e. The number of aliphatic hydroxyl groups excluding tert-OH is 2. The van der Waals surface area contributed by atoms with Gasteiger partial charge in [0.1, 0.15) is 0 Å². The summed E-state index contributed by atoms with van der Waals surface area (Å²) >= 11 is 0. The van der Waals surface area contributed by atoms with E-state index in [4.69, 9.17) is 10.2 Å². The lowest BCUT2D eigenvalue weighted by Gasteiger charge is -1.98. The topological polar surface area (TPSA) is 40.5 Å². The highest BCUT2D eigenvalue weighted by atomic mass is 16.3. The molecule has 0 aromatic heterocycles. The van der Waals surface area contributed by atoms with Crippen LogP contribution in [0.3, 0.4) is 0 Å². The molecule has 0 unspecified atom stereocenters. The summed E-state index contributed by atoms with van der Waals surface area (Å²) in [5, 5.41) is 17.0. The van der Waals surface area contributed by atoms with Gasteiger partial charge in [-0.05, 0) is 24.8 Å². The molecule has 0 saturated heterocycles. The molecule has 0 amide bonds. The van der Waals surface area contributed by atoms with Gasteiger partial charge < -0.3 is 10.2 Å². The molecule has 0 saturated carbocycles. The van der Waals surface area contributed by atoms with E-state index in [-0.39, 0.29) is 13.2 Å². The van der Waals surface area contributed by atoms with Gasteiger partial charge in [0.2, 0.25) is 0 Å². The Balaban J connectivity index is 3.52. The molecule has 0 aliphatic heterocycles. The van der Waals surface area contributed by atoms with Crippen LogP contribution in [0.25, 0.3) is 0 Å². The zero-order valence-corrected chi connectivity index (χ0v) is 6.14. The van der Waals surface area contributed by atoms with Gasteiger partial charge in [0, 0.05) is 13.2 Å². The second kappa shape index (κ2) is 6.56. The van der Waals surface area contributed by atoms with Gasteiger partial charge in [-0.1, -0.05) is 6.58 Å². The van der Waals surface area contributed by atoms with Crippen molar-refractivity contribution in [3.05, 3.63) is 17.9 Å². The van der Waals surface area contributed by atoms with Crippen molar-refractivity contribution in [1.82, 2.24) is 0 Å². The summed E-state index contributed by atoms with van der Waals surface area (Å²) in [6.45, 7) is 3.81. The molecule has 2 nitrogen and oxygen atoms in total. The van der Waals surface area contributed by atoms with Crippen LogP contribution in [0, 0.1) is 0 Å². The zero-order chi connectivity index (χ0) is 7.82. The third kappa shape index (κ3) is 4.33. The summed E-state index contributed by atoms with van der Waals surface area (Å²) < 4.78 is 0. The van der Waals surface area contributed by atoms with Crippen molar-refractivity contribution in [2.75, 3.05) is 13.2 Å². The fraction of sp³-hybridized carbons (Fsp3) is 0.625. The van der Waals surface area contributed by atoms with Crippen molar-refractivity contribution in [3.8, 4) is 0 Å². The van der Waals surface area contributed by atoms with Gasteiger partial charge in [-0.15, -0.1) is 5.73 Å². The van der Waals surface area contributed by atoms with Crippen LogP contribution >= 0.6 is 0 Å². The number of aliphatic hydroxyl groups is 2. The SMILES string of the molecule is C=C=C(CCO)CCCO. The molecule has 0 rings (SSSR count). The summed E-state index contributed by atoms with van der Waals surface area (Å²) in [5.74, 6) is 0. The van der Waals surface area contributed by atoms with Crippen LogP contribution < -0.4 is 0 Å². The summed E-state index contributed by atoms with van der Waals surface area (Å²) in [6, 6.07) is 0. The van der Waals surface area contributed by atoms with Crippen LogP contribution in [-0.2, 0) is 0 Å². The molecule has 2 N–H and O–H groups in total. The van der Waals surface area contributed by atoms with Crippen molar-refractivity contribution >= 4 is 0 Å². The average Bonchev–Trinajstić information content (AvgIpc) is 1.98. The minimum Gasteiger partial charge on any atom is -0.396 e. The second-order valence-electron chi connectivity index (χ2n) is 2.08. The molecular weight excluding hydrogens is 128 g/mol. The molecule has 0 fully saturated rings. The van der Waals surface area contributed by atoms with E-state index in [0.717, 1.165) is 18.4 Å². The fourth-order valence-electron chi connectivity index (χ4n) is 0.729. The van der Waals surface area contributed by atoms with Crippen LogP contribution in [0.5, 0.6) is 0 Å². The Bertz CT molecular complexity index is 123. The van der Waals surface area contributed by atoms with E-state index in [1.165, 1.54) is 0 Å². The van der Waals surface area contributed by atoms with E-state index in [9.17, 15) is 0 Å². The first kappa shape index (κ1) is 9.44. The van der Waals surface area contributed by atoms with Crippen LogP contribution in [-0.4, -0.2) is 23.4 Å². The third-order valence-corrected chi connectivity index (χ3v) is 1.30. The highest BCUT2D eigenvalue weighted by molar-refractivity contribution is 4.98. The first-order valence-corrected chi connectivity index (χ1v) is 3.44. The lowest BCUT2D eigenvalue weighted by molar-refractivity contribution is 0.281. The van der Waals surface area contributed by atoms with Gasteiger partial charge in [0.15, 0.2) is 0 Å². The van der Waals surface area contributed by atoms with Crippen molar-refractivity contribution in [2.24, 2.45) is 0 Å². The third-order valence-electron chi connectivity index (χ3n) is 1.30. The Morgan fingerprint density at radius 2 is 1.90 bits per heavy atom. The van der Waals surface area contributed by atoms with Gasteiger partial charge >= 0.3 is 0 Å². The average molecular weight is 142 g/mol. The fourth-order valence-corrected chi connectivity index (χ4v) is 0.729. The minimum absolute atomic E-state index is 0.142. The van der Waals surface area contributed by atoms with Gasteiger partial charge in [-0.2, -0.15) is 0 Å². The molecule has 10 heavy (non-hydrogen) atoms. The molecule has 0 aromatic rings. The molecule has 2 heteroatoms. The first-order valence-electron chi connectivity index (χ1n) is 3.44. The number of hydrogen-bond donors (Lipinski definition) is 2. The standard InChI is InChI=1S/C8H14O2/c1-2-8(5-7-10)4-3-6-9/h9-10H,1,3-7H2. The van der Waals surface area contributed by atoms with E-state index in [2.05, 4.69) is 12.3 Å². The lowest BCUT2D eigenvalue weighted by Crippen LogP contribution is -1.90. The largest absolute Gasteiger partial charge is 0.396 e. The Morgan fingerprint density at radius 3 is 2.30 bits per heavy atom. The molecule has 0 aliphatic carbocycles. The molecular formula is C8H14O2. The normalized spacial score (nSPS) is 9.00. The van der Waals surface area contributed by atoms with Gasteiger partial charge in [-0.3, -0.25) is 0 Å². The maximum atomic E-state index is 8.52. The predicted octanol–water partition coefficient (Wildman–Crippen LogP) is 0.853. The van der Waals surface area contributed by atoms with Crippen LogP contribution in [0.1, 0.15) is 19.3 Å². The summed E-state index contributed by atoms with van der Waals surface area (Å²) in [6.07, 6.45) is 2.15. The molecule has 58 valence electrons. The van der Waals surface area contributed by atoms with Crippen molar-refractivity contribution in [1.29, 1.82) is 0 Å². The van der Waals surface area contributed by atoms with E-state index < -0.39 is 0 Å². The molecule has 0 heterocycles. The Labute approximate surface area is 61.5 Å².